The van der Waals surface area contributed by atoms with E-state index in [0.29, 0.717) is 0 Å². The molecule has 2 aromatic rings. The average Bonchev–Trinajstić information content (AvgIpc) is 3.19. The SMILES string of the molecule is CCOC(=O)CONC1=NC[C@@H](c2c(F)cc(OC)cc2F)[C@@H]1NC(=O)OCc1ccccc1. The minimum atomic E-state index is -1.03. The van der Waals surface area contributed by atoms with Crippen molar-refractivity contribution in [2.24, 2.45) is 4.99 Å². The van der Waals surface area contributed by atoms with Gasteiger partial charge in [-0.2, -0.15) is 0 Å². The van der Waals surface area contributed by atoms with Crippen molar-refractivity contribution in [1.29, 1.82) is 0 Å². The van der Waals surface area contributed by atoms with Gasteiger partial charge in [0.25, 0.3) is 0 Å². The number of hydrogen-bond acceptors (Lipinski definition) is 8. The minimum Gasteiger partial charge on any atom is -0.497 e. The Hall–Kier alpha value is -3.73. The molecule has 0 aliphatic carbocycles. The molecular weight excluding hydrogens is 452 g/mol. The number of esters is 1. The van der Waals surface area contributed by atoms with Crippen LogP contribution in [-0.2, 0) is 25.7 Å². The third-order valence-corrected chi connectivity index (χ3v) is 4.97. The first-order valence-electron chi connectivity index (χ1n) is 10.5. The molecule has 0 fully saturated rings. The maximum absolute atomic E-state index is 14.8. The minimum absolute atomic E-state index is 0.00538. The lowest BCUT2D eigenvalue weighted by atomic mass is 9.92. The molecule has 0 radical (unpaired) electrons. The van der Waals surface area contributed by atoms with E-state index in [9.17, 15) is 18.4 Å². The molecule has 9 nitrogen and oxygen atoms in total. The Kier molecular flexibility index (Phi) is 8.74. The molecule has 1 aliphatic heterocycles. The zero-order chi connectivity index (χ0) is 24.5. The van der Waals surface area contributed by atoms with Crippen molar-refractivity contribution < 1.29 is 37.4 Å². The quantitative estimate of drug-likeness (QED) is 0.422. The van der Waals surface area contributed by atoms with Crippen LogP contribution >= 0.6 is 0 Å². The summed E-state index contributed by atoms with van der Waals surface area (Å²) in [7, 11) is 1.29. The molecule has 182 valence electrons. The second-order valence-corrected chi connectivity index (χ2v) is 7.22. The number of methoxy groups -OCH3 is 1. The molecule has 1 aliphatic rings. The molecule has 1 amide bonds. The fourth-order valence-corrected chi connectivity index (χ4v) is 3.41. The fraction of sp³-hybridized carbons (Fsp3) is 0.348. The second kappa shape index (κ2) is 11.9. The van der Waals surface area contributed by atoms with Crippen LogP contribution in [0.2, 0.25) is 0 Å². The summed E-state index contributed by atoms with van der Waals surface area (Å²) in [5.74, 6) is -3.15. The largest absolute Gasteiger partial charge is 0.497 e. The van der Waals surface area contributed by atoms with Gasteiger partial charge in [-0.1, -0.05) is 30.3 Å². The van der Waals surface area contributed by atoms with Gasteiger partial charge in [0.05, 0.1) is 20.3 Å². The summed E-state index contributed by atoms with van der Waals surface area (Å²) in [5.41, 5.74) is 2.95. The number of nitrogens with zero attached hydrogens (tertiary/aromatic N) is 1. The van der Waals surface area contributed by atoms with Crippen LogP contribution in [-0.4, -0.2) is 50.8 Å². The Morgan fingerprint density at radius 2 is 1.82 bits per heavy atom. The highest BCUT2D eigenvalue weighted by Gasteiger charge is 2.38. The zero-order valence-corrected chi connectivity index (χ0v) is 18.7. The van der Waals surface area contributed by atoms with E-state index in [1.807, 2.05) is 6.07 Å². The maximum atomic E-state index is 14.8. The van der Waals surface area contributed by atoms with Crippen molar-refractivity contribution in [3.05, 3.63) is 65.2 Å². The topological polar surface area (TPSA) is 107 Å². The molecule has 3 rings (SSSR count). The van der Waals surface area contributed by atoms with Gasteiger partial charge in [0.1, 0.15) is 35.9 Å². The Morgan fingerprint density at radius 1 is 1.12 bits per heavy atom. The maximum Gasteiger partial charge on any atom is 0.408 e. The third kappa shape index (κ3) is 6.41. The number of ether oxygens (including phenoxy) is 3. The molecule has 0 aromatic heterocycles. The third-order valence-electron chi connectivity index (χ3n) is 4.97. The van der Waals surface area contributed by atoms with Crippen LogP contribution < -0.4 is 15.5 Å². The van der Waals surface area contributed by atoms with Gasteiger partial charge in [-0.25, -0.2) is 18.4 Å². The Balaban J connectivity index is 1.74. The summed E-state index contributed by atoms with van der Waals surface area (Å²) in [4.78, 5) is 33.3. The molecule has 0 saturated carbocycles. The lowest BCUT2D eigenvalue weighted by Crippen LogP contribution is -2.48. The van der Waals surface area contributed by atoms with Crippen LogP contribution in [0.4, 0.5) is 13.6 Å². The number of alkyl carbamates (subject to hydrolysis) is 1. The number of carbonyl (C=O) groups is 2. The van der Waals surface area contributed by atoms with Crippen LogP contribution in [0.3, 0.4) is 0 Å². The molecule has 2 aromatic carbocycles. The van der Waals surface area contributed by atoms with Crippen molar-refractivity contribution in [3.8, 4) is 5.75 Å². The molecule has 1 heterocycles. The summed E-state index contributed by atoms with van der Waals surface area (Å²) in [6.07, 6.45) is -0.824. The number of aliphatic imine (C=N–C) groups is 1. The lowest BCUT2D eigenvalue weighted by molar-refractivity contribution is -0.149. The number of amides is 1. The summed E-state index contributed by atoms with van der Waals surface area (Å²) in [5, 5.41) is 2.58. The molecule has 0 saturated heterocycles. The highest BCUT2D eigenvalue weighted by atomic mass is 19.1. The van der Waals surface area contributed by atoms with Gasteiger partial charge in [0.2, 0.25) is 0 Å². The Bertz CT molecular complexity index is 1010. The van der Waals surface area contributed by atoms with E-state index >= 15 is 0 Å². The van der Waals surface area contributed by atoms with E-state index in [0.717, 1.165) is 17.7 Å². The summed E-state index contributed by atoms with van der Waals surface area (Å²) in [6.45, 7) is 1.33. The second-order valence-electron chi connectivity index (χ2n) is 7.22. The van der Waals surface area contributed by atoms with Crippen LogP contribution in [0.25, 0.3) is 0 Å². The van der Waals surface area contributed by atoms with E-state index in [4.69, 9.17) is 19.0 Å². The number of nitrogens with one attached hydrogen (secondary N) is 2. The van der Waals surface area contributed by atoms with Crippen LogP contribution in [0.15, 0.2) is 47.5 Å². The number of hydrogen-bond donors (Lipinski definition) is 2. The summed E-state index contributed by atoms with van der Waals surface area (Å²) in [6, 6.07) is 10.1. The van der Waals surface area contributed by atoms with Gasteiger partial charge in [-0.3, -0.25) is 15.3 Å². The first-order valence-corrected chi connectivity index (χ1v) is 10.5. The highest BCUT2D eigenvalue weighted by Crippen LogP contribution is 2.32. The van der Waals surface area contributed by atoms with Gasteiger partial charge in [-0.05, 0) is 12.5 Å². The van der Waals surface area contributed by atoms with Crippen molar-refractivity contribution in [3.63, 3.8) is 0 Å². The van der Waals surface area contributed by atoms with Gasteiger partial charge >= 0.3 is 12.1 Å². The van der Waals surface area contributed by atoms with Gasteiger partial charge in [0, 0.05) is 23.6 Å². The average molecular weight is 477 g/mol. The van der Waals surface area contributed by atoms with E-state index in [2.05, 4.69) is 15.8 Å². The summed E-state index contributed by atoms with van der Waals surface area (Å²) < 4.78 is 44.5. The molecule has 0 unspecified atom stereocenters. The molecule has 0 bridgehead atoms. The van der Waals surface area contributed by atoms with Gasteiger partial charge in [0.15, 0.2) is 6.61 Å². The zero-order valence-electron chi connectivity index (χ0n) is 18.7. The van der Waals surface area contributed by atoms with E-state index in [-0.39, 0.29) is 36.9 Å². The predicted octanol–water partition coefficient (Wildman–Crippen LogP) is 2.85. The number of rotatable bonds is 9. The fourth-order valence-electron chi connectivity index (χ4n) is 3.41. The Labute approximate surface area is 195 Å². The monoisotopic (exact) mass is 477 g/mol. The van der Waals surface area contributed by atoms with Crippen molar-refractivity contribution in [2.75, 3.05) is 26.9 Å². The first kappa shape index (κ1) is 24.9. The molecular formula is C23H25F2N3O6. The first-order chi connectivity index (χ1) is 16.4. The predicted molar refractivity (Wildman–Crippen MR) is 117 cm³/mol. The van der Waals surface area contributed by atoms with Crippen LogP contribution in [0.5, 0.6) is 5.75 Å². The van der Waals surface area contributed by atoms with Crippen LogP contribution in [0, 0.1) is 11.6 Å². The molecule has 11 heteroatoms. The van der Waals surface area contributed by atoms with Crippen molar-refractivity contribution in [1.82, 2.24) is 10.8 Å². The van der Waals surface area contributed by atoms with E-state index < -0.39 is 42.3 Å². The number of hydroxylamine groups is 1. The van der Waals surface area contributed by atoms with Crippen LogP contribution in [0.1, 0.15) is 24.0 Å². The highest BCUT2D eigenvalue weighted by molar-refractivity contribution is 5.92. The van der Waals surface area contributed by atoms with Crippen molar-refractivity contribution in [2.45, 2.75) is 25.5 Å². The van der Waals surface area contributed by atoms with Gasteiger partial charge < -0.3 is 19.5 Å². The number of carbonyl (C=O) groups excluding carboxylic acids is 2. The number of benzene rings is 2. The van der Waals surface area contributed by atoms with E-state index in [1.165, 1.54) is 7.11 Å². The molecule has 0 spiro atoms. The number of halogens is 2. The molecule has 2 atom stereocenters. The molecule has 2 N–H and O–H groups in total. The summed E-state index contributed by atoms with van der Waals surface area (Å²) >= 11 is 0. The van der Waals surface area contributed by atoms with E-state index in [1.54, 1.807) is 31.2 Å². The Morgan fingerprint density at radius 3 is 2.47 bits per heavy atom. The smallest absolute Gasteiger partial charge is 0.408 e. The van der Waals surface area contributed by atoms with Gasteiger partial charge in [-0.15, -0.1) is 0 Å². The normalized spacial score (nSPS) is 17.0. The standard InChI is InChI=1S/C23H25F2N3O6/c1-3-32-19(29)13-34-28-22-21(27-23(30)33-12-14-7-5-4-6-8-14)16(11-26-22)20-17(24)9-15(31-2)10-18(20)25/h4-10,16,21H,3,11-13H2,1-2H3,(H,26,28)(H,27,30)/t16-,21-/m0/s1. The van der Waals surface area contributed by atoms with Crippen molar-refractivity contribution >= 4 is 17.9 Å². The lowest BCUT2D eigenvalue weighted by Gasteiger charge is -2.23. The molecule has 34 heavy (non-hydrogen) atoms. The number of amidine groups is 1.